The second kappa shape index (κ2) is 11.8. The van der Waals surface area contributed by atoms with Gasteiger partial charge in [-0.05, 0) is 74.9 Å². The first-order valence-corrected chi connectivity index (χ1v) is 15.3. The molecule has 2 aromatic carbocycles. The lowest BCUT2D eigenvalue weighted by molar-refractivity contribution is -0.139. The number of hydrogen-bond donors (Lipinski definition) is 1. The smallest absolute Gasteiger partial charge is 0.229 e. The quantitative estimate of drug-likeness (QED) is 0.502. The van der Waals surface area contributed by atoms with E-state index in [4.69, 9.17) is 0 Å². The topological polar surface area (TPSA) is 86.8 Å². The molecule has 2 aromatic rings. The Morgan fingerprint density at radius 3 is 2.24 bits per heavy atom. The zero-order valence-corrected chi connectivity index (χ0v) is 23.6. The van der Waals surface area contributed by atoms with Gasteiger partial charge in [-0.25, -0.2) is 8.42 Å². The van der Waals surface area contributed by atoms with Crippen LogP contribution >= 0.6 is 12.4 Å². The highest BCUT2D eigenvalue weighted by Gasteiger charge is 2.47. The maximum Gasteiger partial charge on any atom is 0.229 e. The summed E-state index contributed by atoms with van der Waals surface area (Å²) < 4.78 is 23.4. The summed E-state index contributed by atoms with van der Waals surface area (Å²) >= 11 is 0. The van der Waals surface area contributed by atoms with Gasteiger partial charge in [0.05, 0.1) is 16.4 Å². The van der Waals surface area contributed by atoms with Gasteiger partial charge < -0.3 is 15.1 Å². The summed E-state index contributed by atoms with van der Waals surface area (Å²) in [4.78, 5) is 30.6. The predicted octanol–water partition coefficient (Wildman–Crippen LogP) is 3.98. The molecule has 0 radical (unpaired) electrons. The molecule has 3 fully saturated rings. The summed E-state index contributed by atoms with van der Waals surface area (Å²) in [6.07, 6.45) is 6.66. The van der Waals surface area contributed by atoms with Gasteiger partial charge in [0.15, 0.2) is 9.84 Å². The predicted molar refractivity (Wildman–Crippen MR) is 150 cm³/mol. The fourth-order valence-electron chi connectivity index (χ4n) is 5.73. The summed E-state index contributed by atoms with van der Waals surface area (Å²) in [5, 5.41) is 3.27. The Kier molecular flexibility index (Phi) is 8.85. The van der Waals surface area contributed by atoms with Crippen molar-refractivity contribution >= 4 is 34.1 Å². The minimum atomic E-state index is -3.22. The van der Waals surface area contributed by atoms with Crippen LogP contribution in [0.5, 0.6) is 0 Å². The van der Waals surface area contributed by atoms with E-state index in [-0.39, 0.29) is 41.6 Å². The Bertz CT molecular complexity index is 1220. The van der Waals surface area contributed by atoms with Gasteiger partial charge in [-0.15, -0.1) is 12.4 Å². The molecule has 2 heterocycles. The molecule has 1 aliphatic carbocycles. The van der Waals surface area contributed by atoms with E-state index in [1.165, 1.54) is 6.26 Å². The minimum absolute atomic E-state index is 0. The molecule has 206 valence electrons. The van der Waals surface area contributed by atoms with Gasteiger partial charge in [-0.2, -0.15) is 0 Å². The highest BCUT2D eigenvalue weighted by Crippen LogP contribution is 2.42. The van der Waals surface area contributed by atoms with Gasteiger partial charge in [0, 0.05) is 31.8 Å². The van der Waals surface area contributed by atoms with E-state index in [9.17, 15) is 18.0 Å². The van der Waals surface area contributed by atoms with Gasteiger partial charge in [0.25, 0.3) is 0 Å². The molecule has 1 saturated carbocycles. The molecule has 1 atom stereocenters. The zero-order valence-electron chi connectivity index (χ0n) is 22.0. The lowest BCUT2D eigenvalue weighted by atomic mass is 9.77. The van der Waals surface area contributed by atoms with Crippen molar-refractivity contribution in [2.45, 2.75) is 56.0 Å². The van der Waals surface area contributed by atoms with Gasteiger partial charge in [-0.1, -0.05) is 42.5 Å². The van der Waals surface area contributed by atoms with Crippen molar-refractivity contribution in [1.82, 2.24) is 15.1 Å². The Labute approximate surface area is 232 Å². The summed E-state index contributed by atoms with van der Waals surface area (Å²) in [6, 6.07) is 17.1. The van der Waals surface area contributed by atoms with Gasteiger partial charge in [-0.3, -0.25) is 9.59 Å². The third kappa shape index (κ3) is 6.58. The van der Waals surface area contributed by atoms with Gasteiger partial charge in [0.1, 0.15) is 0 Å². The second-order valence-electron chi connectivity index (χ2n) is 11.0. The highest BCUT2D eigenvalue weighted by atomic mass is 35.5. The molecule has 1 spiro atoms. The first-order valence-electron chi connectivity index (χ1n) is 13.4. The molecular formula is C29H38ClN3O4S. The maximum atomic E-state index is 13.4. The zero-order chi connectivity index (χ0) is 26.0. The van der Waals surface area contributed by atoms with Crippen molar-refractivity contribution in [1.29, 1.82) is 0 Å². The normalized spacial score (nSPS) is 20.2. The van der Waals surface area contributed by atoms with Crippen LogP contribution < -0.4 is 5.32 Å². The highest BCUT2D eigenvalue weighted by molar-refractivity contribution is 7.90. The van der Waals surface area contributed by atoms with Crippen LogP contribution in [0.4, 0.5) is 0 Å². The molecule has 9 heteroatoms. The molecule has 2 amide bonds. The fraction of sp³-hybridized carbons (Fsp3) is 0.517. The van der Waals surface area contributed by atoms with Crippen LogP contribution in [-0.4, -0.2) is 62.5 Å². The number of hydrogen-bond acceptors (Lipinski definition) is 5. The SMILES string of the molecule is CS(=O)(=O)c1ccc(CN2CCC3(CCN(CC[C@H](NC(=O)C4CC4)c4ccccc4)CC3)C2=O)cc1.Cl. The van der Waals surface area contributed by atoms with Gasteiger partial charge >= 0.3 is 0 Å². The average Bonchev–Trinajstić information content (AvgIpc) is 3.71. The van der Waals surface area contributed by atoms with E-state index in [0.29, 0.717) is 11.4 Å². The van der Waals surface area contributed by atoms with E-state index >= 15 is 0 Å². The van der Waals surface area contributed by atoms with Crippen LogP contribution in [0.3, 0.4) is 0 Å². The summed E-state index contributed by atoms with van der Waals surface area (Å²) in [5.41, 5.74) is 1.83. The van der Waals surface area contributed by atoms with Crippen LogP contribution in [0.1, 0.15) is 55.7 Å². The molecule has 38 heavy (non-hydrogen) atoms. The number of likely N-dealkylation sites (tertiary alicyclic amines) is 2. The third-order valence-electron chi connectivity index (χ3n) is 8.34. The molecule has 2 saturated heterocycles. The second-order valence-corrected chi connectivity index (χ2v) is 13.1. The fourth-order valence-corrected chi connectivity index (χ4v) is 6.36. The molecule has 7 nitrogen and oxygen atoms in total. The summed E-state index contributed by atoms with van der Waals surface area (Å²) in [5.74, 6) is 0.599. The van der Waals surface area contributed by atoms with Crippen LogP contribution in [0.2, 0.25) is 0 Å². The number of carbonyl (C=O) groups is 2. The number of nitrogens with one attached hydrogen (secondary N) is 1. The molecule has 3 aliphatic rings. The molecule has 0 bridgehead atoms. The van der Waals surface area contributed by atoms with E-state index in [1.54, 1.807) is 12.1 Å². The monoisotopic (exact) mass is 559 g/mol. The standard InChI is InChI=1S/C29H37N3O4S.ClH/c1-37(35,36)25-11-7-22(8-12-25)21-32-20-16-29(28(32)34)14-18-31(19-15-29)17-13-26(23-5-3-2-4-6-23)30-27(33)24-9-10-24;/h2-8,11-12,24,26H,9-10,13-21H2,1H3,(H,30,33);1H/t26-;/m0./s1. The van der Waals surface area contributed by atoms with Crippen molar-refractivity contribution in [2.24, 2.45) is 11.3 Å². The maximum absolute atomic E-state index is 13.4. The van der Waals surface area contributed by atoms with Crippen molar-refractivity contribution in [3.63, 3.8) is 0 Å². The number of nitrogens with zero attached hydrogens (tertiary/aromatic N) is 2. The number of rotatable bonds is 9. The van der Waals surface area contributed by atoms with E-state index in [1.807, 2.05) is 35.2 Å². The summed E-state index contributed by atoms with van der Waals surface area (Å²) in [6.45, 7) is 3.94. The number of piperidine rings is 1. The Morgan fingerprint density at radius 1 is 1.00 bits per heavy atom. The van der Waals surface area contributed by atoms with Crippen LogP contribution in [0, 0.1) is 11.3 Å². The number of carbonyl (C=O) groups excluding carboxylic acids is 2. The molecule has 1 N–H and O–H groups in total. The Morgan fingerprint density at radius 2 is 1.63 bits per heavy atom. The van der Waals surface area contributed by atoms with Crippen molar-refractivity contribution in [2.75, 3.05) is 32.4 Å². The first kappa shape index (κ1) is 28.6. The van der Waals surface area contributed by atoms with Crippen molar-refractivity contribution in [3.05, 3.63) is 65.7 Å². The van der Waals surface area contributed by atoms with Crippen LogP contribution in [0.15, 0.2) is 59.5 Å². The molecule has 5 rings (SSSR count). The van der Waals surface area contributed by atoms with Crippen LogP contribution in [0.25, 0.3) is 0 Å². The van der Waals surface area contributed by atoms with E-state index in [0.717, 1.165) is 75.8 Å². The number of halogens is 1. The molecule has 2 aliphatic heterocycles. The number of benzene rings is 2. The first-order chi connectivity index (χ1) is 17.7. The lowest BCUT2D eigenvalue weighted by Gasteiger charge is -2.38. The minimum Gasteiger partial charge on any atom is -0.349 e. The largest absolute Gasteiger partial charge is 0.349 e. The van der Waals surface area contributed by atoms with Crippen molar-refractivity contribution < 1.29 is 18.0 Å². The van der Waals surface area contributed by atoms with Crippen molar-refractivity contribution in [3.8, 4) is 0 Å². The number of amides is 2. The average molecular weight is 560 g/mol. The number of sulfone groups is 1. The Balaban J connectivity index is 0.00000336. The Hall–Kier alpha value is -2.42. The molecular weight excluding hydrogens is 522 g/mol. The van der Waals surface area contributed by atoms with Gasteiger partial charge in [0.2, 0.25) is 11.8 Å². The summed E-state index contributed by atoms with van der Waals surface area (Å²) in [7, 11) is -3.22. The van der Waals surface area contributed by atoms with E-state index < -0.39 is 9.84 Å². The lowest BCUT2D eigenvalue weighted by Crippen LogP contribution is -2.45. The van der Waals surface area contributed by atoms with Crippen LogP contribution in [-0.2, 0) is 26.0 Å². The van der Waals surface area contributed by atoms with E-state index in [2.05, 4.69) is 22.3 Å². The molecule has 0 aromatic heterocycles. The third-order valence-corrected chi connectivity index (χ3v) is 9.47. The molecule has 0 unspecified atom stereocenters.